The van der Waals surface area contributed by atoms with E-state index < -0.39 is 5.60 Å². The summed E-state index contributed by atoms with van der Waals surface area (Å²) in [6.45, 7) is 6.48. The summed E-state index contributed by atoms with van der Waals surface area (Å²) in [5, 5.41) is 6.60. The molecule has 0 bridgehead atoms. The lowest BCUT2D eigenvalue weighted by atomic mass is 9.96. The van der Waals surface area contributed by atoms with E-state index in [1.165, 1.54) is 18.4 Å². The summed E-state index contributed by atoms with van der Waals surface area (Å²) in [6.07, 6.45) is 8.06. The molecule has 2 aliphatic rings. The highest BCUT2D eigenvalue weighted by atomic mass is 35.5. The molecule has 1 aliphatic carbocycles. The number of hydrogen-bond acceptors (Lipinski definition) is 7. The van der Waals surface area contributed by atoms with Crippen LogP contribution in [0.2, 0.25) is 5.02 Å². The van der Waals surface area contributed by atoms with Crippen molar-refractivity contribution < 1.29 is 14.3 Å². The van der Waals surface area contributed by atoms with Gasteiger partial charge in [-0.15, -0.1) is 0 Å². The Morgan fingerprint density at radius 3 is 2.49 bits per heavy atom. The van der Waals surface area contributed by atoms with Crippen molar-refractivity contribution >= 4 is 40.9 Å². The molecule has 0 unspecified atom stereocenters. The maximum atomic E-state index is 12.9. The molecule has 3 aromatic rings. The number of nitrogens with zero attached hydrogens (tertiary/aromatic N) is 4. The van der Waals surface area contributed by atoms with Gasteiger partial charge in [0.2, 0.25) is 11.9 Å². The number of benzene rings is 1. The molecule has 2 aromatic heterocycles. The van der Waals surface area contributed by atoms with Gasteiger partial charge in [-0.3, -0.25) is 9.78 Å². The number of likely N-dealkylation sites (tertiary alicyclic amines) is 1. The lowest BCUT2D eigenvalue weighted by Crippen LogP contribution is -2.43. The first kappa shape index (κ1) is 26.9. The van der Waals surface area contributed by atoms with Crippen LogP contribution in [0.15, 0.2) is 48.9 Å². The highest BCUT2D eigenvalue weighted by Crippen LogP contribution is 2.41. The Balaban J connectivity index is 1.20. The van der Waals surface area contributed by atoms with Crippen LogP contribution in [0.1, 0.15) is 57.9 Å². The summed E-state index contributed by atoms with van der Waals surface area (Å²) in [5.41, 5.74) is 3.56. The third-order valence-electron chi connectivity index (χ3n) is 6.73. The number of pyridine rings is 1. The summed E-state index contributed by atoms with van der Waals surface area (Å²) >= 11 is 6.45. The van der Waals surface area contributed by atoms with Crippen LogP contribution in [0.4, 0.5) is 22.1 Å². The summed E-state index contributed by atoms with van der Waals surface area (Å²) in [7, 11) is 0. The van der Waals surface area contributed by atoms with Gasteiger partial charge in [0, 0.05) is 24.6 Å². The highest BCUT2D eigenvalue weighted by Gasteiger charge is 2.30. The third-order valence-corrected chi connectivity index (χ3v) is 7.01. The third kappa shape index (κ3) is 7.03. The first-order chi connectivity index (χ1) is 18.6. The normalized spacial score (nSPS) is 16.1. The van der Waals surface area contributed by atoms with Crippen LogP contribution in [0.25, 0.3) is 11.3 Å². The minimum atomic E-state index is -0.545. The SMILES string of the molecule is CC(C)(C)OC(=O)N1CCC(C(=O)Nc2cncc(Nc3ncc(Cl)c(-c4cccc(C5CC5)c4)n3)c2)CC1. The van der Waals surface area contributed by atoms with Gasteiger partial charge in [-0.25, -0.2) is 14.8 Å². The Morgan fingerprint density at radius 1 is 1.03 bits per heavy atom. The Bertz CT molecular complexity index is 1360. The molecule has 10 heteroatoms. The molecule has 3 heterocycles. The van der Waals surface area contributed by atoms with E-state index in [0.717, 1.165) is 5.56 Å². The van der Waals surface area contributed by atoms with Crippen molar-refractivity contribution in [3.05, 3.63) is 59.5 Å². The first-order valence-corrected chi connectivity index (χ1v) is 13.7. The van der Waals surface area contributed by atoms with Crippen molar-refractivity contribution in [2.45, 2.75) is 58.0 Å². The average Bonchev–Trinajstić information content (AvgIpc) is 3.75. The van der Waals surface area contributed by atoms with Crippen LogP contribution in [-0.4, -0.2) is 50.5 Å². The Morgan fingerprint density at radius 2 is 1.77 bits per heavy atom. The molecule has 1 saturated heterocycles. The van der Waals surface area contributed by atoms with Crippen LogP contribution in [0.3, 0.4) is 0 Å². The number of piperidine rings is 1. The van der Waals surface area contributed by atoms with Gasteiger partial charge in [-0.05, 0) is 70.1 Å². The van der Waals surface area contributed by atoms with Crippen LogP contribution < -0.4 is 10.6 Å². The number of rotatable bonds is 6. The summed E-state index contributed by atoms with van der Waals surface area (Å²) < 4.78 is 5.44. The van der Waals surface area contributed by atoms with E-state index in [9.17, 15) is 9.59 Å². The first-order valence-electron chi connectivity index (χ1n) is 13.3. The molecular weight excluding hydrogens is 516 g/mol. The second-order valence-electron chi connectivity index (χ2n) is 11.1. The molecule has 2 amide bonds. The van der Waals surface area contributed by atoms with Gasteiger partial charge in [-0.2, -0.15) is 0 Å². The number of hydrogen-bond donors (Lipinski definition) is 2. The van der Waals surface area contributed by atoms with Crippen molar-refractivity contribution in [1.82, 2.24) is 19.9 Å². The lowest BCUT2D eigenvalue weighted by Gasteiger charge is -2.32. The fourth-order valence-corrected chi connectivity index (χ4v) is 4.79. The molecular formula is C29H33ClN6O3. The van der Waals surface area contributed by atoms with Crippen molar-refractivity contribution in [2.75, 3.05) is 23.7 Å². The number of nitrogens with one attached hydrogen (secondary N) is 2. The Labute approximate surface area is 233 Å². The van der Waals surface area contributed by atoms with Gasteiger partial charge >= 0.3 is 6.09 Å². The van der Waals surface area contributed by atoms with Crippen LogP contribution in [-0.2, 0) is 9.53 Å². The van der Waals surface area contributed by atoms with Crippen molar-refractivity contribution in [2.24, 2.45) is 5.92 Å². The van der Waals surface area contributed by atoms with Crippen molar-refractivity contribution in [1.29, 1.82) is 0 Å². The molecule has 2 N–H and O–H groups in total. The van der Waals surface area contributed by atoms with Gasteiger partial charge in [-0.1, -0.05) is 29.8 Å². The van der Waals surface area contributed by atoms with E-state index in [-0.39, 0.29) is 17.9 Å². The summed E-state index contributed by atoms with van der Waals surface area (Å²) in [4.78, 5) is 40.1. The Hall–Kier alpha value is -3.72. The zero-order chi connectivity index (χ0) is 27.6. The second-order valence-corrected chi connectivity index (χ2v) is 11.5. The van der Waals surface area contributed by atoms with E-state index in [0.29, 0.717) is 59.9 Å². The van der Waals surface area contributed by atoms with Crippen LogP contribution in [0.5, 0.6) is 0 Å². The standard InChI is InChI=1S/C29H33ClN6O3/c1-29(2,3)39-28(38)36-11-9-19(10-12-36)26(37)33-22-14-23(16-31-15-22)34-27-32-17-24(30)25(35-27)21-6-4-5-20(13-21)18-7-8-18/h4-6,13-19H,7-12H2,1-3H3,(H,33,37)(H,32,34,35). The number of ether oxygens (including phenoxy) is 1. The van der Waals surface area contributed by atoms with E-state index in [1.807, 2.05) is 32.9 Å². The van der Waals surface area contributed by atoms with Gasteiger partial charge in [0.15, 0.2) is 0 Å². The molecule has 204 valence electrons. The number of amides is 2. The zero-order valence-electron chi connectivity index (χ0n) is 22.4. The average molecular weight is 549 g/mol. The van der Waals surface area contributed by atoms with Gasteiger partial charge < -0.3 is 20.3 Å². The van der Waals surface area contributed by atoms with E-state index in [1.54, 1.807) is 29.6 Å². The van der Waals surface area contributed by atoms with E-state index in [4.69, 9.17) is 16.3 Å². The molecule has 9 nitrogen and oxygen atoms in total. The minimum absolute atomic E-state index is 0.0987. The quantitative estimate of drug-likeness (QED) is 0.367. The zero-order valence-corrected chi connectivity index (χ0v) is 23.2. The maximum absolute atomic E-state index is 12.9. The highest BCUT2D eigenvalue weighted by molar-refractivity contribution is 6.32. The monoisotopic (exact) mass is 548 g/mol. The van der Waals surface area contributed by atoms with Crippen LogP contribution in [0, 0.1) is 5.92 Å². The van der Waals surface area contributed by atoms with Crippen molar-refractivity contribution in [3.63, 3.8) is 0 Å². The largest absolute Gasteiger partial charge is 0.444 e. The summed E-state index contributed by atoms with van der Waals surface area (Å²) in [6, 6.07) is 10.1. The van der Waals surface area contributed by atoms with E-state index >= 15 is 0 Å². The van der Waals surface area contributed by atoms with Gasteiger partial charge in [0.1, 0.15) is 5.60 Å². The topological polar surface area (TPSA) is 109 Å². The fourth-order valence-electron chi connectivity index (χ4n) is 4.59. The second kappa shape index (κ2) is 11.2. The van der Waals surface area contributed by atoms with Gasteiger partial charge in [0.05, 0.1) is 40.7 Å². The molecule has 0 radical (unpaired) electrons. The van der Waals surface area contributed by atoms with Crippen LogP contribution >= 0.6 is 11.6 Å². The predicted octanol–water partition coefficient (Wildman–Crippen LogP) is 6.40. The minimum Gasteiger partial charge on any atom is -0.444 e. The fraction of sp³-hybridized carbons (Fsp3) is 0.414. The number of anilines is 3. The Kier molecular flexibility index (Phi) is 7.70. The number of carbonyl (C=O) groups is 2. The molecule has 39 heavy (non-hydrogen) atoms. The molecule has 2 fully saturated rings. The molecule has 0 atom stereocenters. The molecule has 1 saturated carbocycles. The molecule has 5 rings (SSSR count). The smallest absolute Gasteiger partial charge is 0.410 e. The summed E-state index contributed by atoms with van der Waals surface area (Å²) in [5.74, 6) is 0.711. The number of halogens is 1. The van der Waals surface area contributed by atoms with Gasteiger partial charge in [0.25, 0.3) is 0 Å². The van der Waals surface area contributed by atoms with Crippen molar-refractivity contribution in [3.8, 4) is 11.3 Å². The number of carbonyl (C=O) groups excluding carboxylic acids is 2. The maximum Gasteiger partial charge on any atom is 0.410 e. The number of aromatic nitrogens is 3. The molecule has 1 aliphatic heterocycles. The molecule has 1 aromatic carbocycles. The van der Waals surface area contributed by atoms with E-state index in [2.05, 4.69) is 37.7 Å². The predicted molar refractivity (Wildman–Crippen MR) is 151 cm³/mol. The molecule has 0 spiro atoms. The lowest BCUT2D eigenvalue weighted by molar-refractivity contribution is -0.121.